The Morgan fingerprint density at radius 1 is 1.10 bits per heavy atom. The van der Waals surface area contributed by atoms with Crippen LogP contribution in [0.4, 0.5) is 17.3 Å². The maximum atomic E-state index is 12.3. The molecular formula is C14H13N5O. The quantitative estimate of drug-likeness (QED) is 0.532. The first-order chi connectivity index (χ1) is 9.65. The van der Waals surface area contributed by atoms with Gasteiger partial charge in [0.2, 0.25) is 0 Å². The van der Waals surface area contributed by atoms with Gasteiger partial charge < -0.3 is 21.8 Å². The summed E-state index contributed by atoms with van der Waals surface area (Å²) in [5.41, 5.74) is 14.2. The molecule has 6 heteroatoms. The average molecular weight is 267 g/mol. The summed E-state index contributed by atoms with van der Waals surface area (Å²) >= 11 is 0. The summed E-state index contributed by atoms with van der Waals surface area (Å²) in [5, 5.41) is 2.78. The summed E-state index contributed by atoms with van der Waals surface area (Å²) in [5.74, 6) is 0.0108. The van der Waals surface area contributed by atoms with Crippen LogP contribution >= 0.6 is 0 Å². The predicted molar refractivity (Wildman–Crippen MR) is 79.3 cm³/mol. The molecule has 0 aliphatic rings. The van der Waals surface area contributed by atoms with Crippen LogP contribution in [0.2, 0.25) is 0 Å². The topological polar surface area (TPSA) is 110 Å². The lowest BCUT2D eigenvalue weighted by molar-refractivity contribution is 0.102. The molecule has 0 atom stereocenters. The molecule has 6 nitrogen and oxygen atoms in total. The number of H-pyrrole nitrogens is 1. The first-order valence-corrected chi connectivity index (χ1v) is 6.05. The van der Waals surface area contributed by atoms with Gasteiger partial charge in [-0.25, -0.2) is 4.98 Å². The predicted octanol–water partition coefficient (Wildman–Crippen LogP) is 1.98. The number of nitrogens with two attached hydrogens (primary N) is 2. The summed E-state index contributed by atoms with van der Waals surface area (Å²) in [6.07, 6.45) is 0. The van der Waals surface area contributed by atoms with Crippen LogP contribution in [0.3, 0.4) is 0 Å². The van der Waals surface area contributed by atoms with Crippen molar-refractivity contribution in [2.45, 2.75) is 0 Å². The van der Waals surface area contributed by atoms with E-state index in [-0.39, 0.29) is 11.9 Å². The van der Waals surface area contributed by atoms with Gasteiger partial charge >= 0.3 is 0 Å². The number of nitrogens with one attached hydrogen (secondary N) is 2. The van der Waals surface area contributed by atoms with Crippen molar-refractivity contribution in [1.29, 1.82) is 0 Å². The minimum absolute atomic E-state index is 0.267. The third-order valence-corrected chi connectivity index (χ3v) is 2.99. The monoisotopic (exact) mass is 267 g/mol. The number of benzene rings is 2. The van der Waals surface area contributed by atoms with Crippen LogP contribution in [0.25, 0.3) is 11.0 Å². The minimum atomic E-state index is -0.267. The van der Waals surface area contributed by atoms with Gasteiger partial charge in [-0.05, 0) is 24.3 Å². The molecule has 3 rings (SSSR count). The van der Waals surface area contributed by atoms with Crippen molar-refractivity contribution >= 4 is 34.3 Å². The van der Waals surface area contributed by atoms with Gasteiger partial charge in [-0.15, -0.1) is 0 Å². The molecule has 0 saturated heterocycles. The molecule has 0 fully saturated rings. The maximum absolute atomic E-state index is 12.3. The van der Waals surface area contributed by atoms with E-state index in [1.807, 2.05) is 0 Å². The number of anilines is 3. The number of imidazole rings is 1. The van der Waals surface area contributed by atoms with Gasteiger partial charge in [0.15, 0.2) is 5.95 Å². The Balaban J connectivity index is 1.99. The van der Waals surface area contributed by atoms with E-state index < -0.39 is 0 Å². The number of hydrogen-bond acceptors (Lipinski definition) is 4. The van der Waals surface area contributed by atoms with Crippen LogP contribution in [0.15, 0.2) is 42.5 Å². The number of carbonyl (C=O) groups excluding carboxylic acids is 1. The molecule has 2 aromatic carbocycles. The Kier molecular flexibility index (Phi) is 2.76. The molecule has 0 aliphatic heterocycles. The lowest BCUT2D eigenvalue weighted by Crippen LogP contribution is -2.13. The highest BCUT2D eigenvalue weighted by atomic mass is 16.1. The number of amides is 1. The van der Waals surface area contributed by atoms with E-state index in [2.05, 4.69) is 15.3 Å². The third kappa shape index (κ3) is 2.03. The summed E-state index contributed by atoms with van der Waals surface area (Å²) in [6.45, 7) is 0. The number of rotatable bonds is 2. The van der Waals surface area contributed by atoms with Gasteiger partial charge in [-0.1, -0.05) is 18.2 Å². The molecule has 20 heavy (non-hydrogen) atoms. The Bertz CT molecular complexity index is 793. The molecule has 0 radical (unpaired) electrons. The molecule has 1 heterocycles. The molecule has 0 unspecified atom stereocenters. The number of aromatic nitrogens is 2. The van der Waals surface area contributed by atoms with Crippen LogP contribution in [0, 0.1) is 0 Å². The summed E-state index contributed by atoms with van der Waals surface area (Å²) in [7, 11) is 0. The third-order valence-electron chi connectivity index (χ3n) is 2.99. The number of nitrogen functional groups attached to an aromatic ring is 2. The van der Waals surface area contributed by atoms with E-state index in [9.17, 15) is 4.79 Å². The lowest BCUT2D eigenvalue weighted by Gasteiger charge is -2.08. The van der Waals surface area contributed by atoms with Crippen molar-refractivity contribution in [2.75, 3.05) is 16.8 Å². The van der Waals surface area contributed by atoms with E-state index in [0.29, 0.717) is 28.0 Å². The van der Waals surface area contributed by atoms with Gasteiger partial charge in [-0.2, -0.15) is 0 Å². The number of aromatic amines is 1. The molecule has 1 aromatic heterocycles. The highest BCUT2D eigenvalue weighted by Gasteiger charge is 2.13. The molecule has 3 aromatic rings. The zero-order chi connectivity index (χ0) is 14.1. The van der Waals surface area contributed by atoms with Crippen LogP contribution in [0.1, 0.15) is 10.4 Å². The summed E-state index contributed by atoms with van der Waals surface area (Å²) in [4.78, 5) is 19.3. The van der Waals surface area contributed by atoms with Gasteiger partial charge in [-0.3, -0.25) is 4.79 Å². The van der Waals surface area contributed by atoms with Crippen molar-refractivity contribution in [3.63, 3.8) is 0 Å². The Morgan fingerprint density at radius 2 is 1.90 bits per heavy atom. The number of fused-ring (bicyclic) bond motifs is 1. The number of hydrogen-bond donors (Lipinski definition) is 4. The van der Waals surface area contributed by atoms with Gasteiger partial charge in [0.25, 0.3) is 5.91 Å². The van der Waals surface area contributed by atoms with E-state index in [1.54, 1.807) is 42.5 Å². The van der Waals surface area contributed by atoms with Gasteiger partial charge in [0.1, 0.15) is 0 Å². The lowest BCUT2D eigenvalue weighted by atomic mass is 10.1. The zero-order valence-electron chi connectivity index (χ0n) is 10.6. The molecule has 0 saturated carbocycles. The van der Waals surface area contributed by atoms with Crippen LogP contribution in [-0.2, 0) is 0 Å². The highest BCUT2D eigenvalue weighted by molar-refractivity contribution is 6.12. The highest BCUT2D eigenvalue weighted by Crippen LogP contribution is 2.21. The first-order valence-electron chi connectivity index (χ1n) is 6.05. The van der Waals surface area contributed by atoms with Crippen molar-refractivity contribution in [2.24, 2.45) is 0 Å². The van der Waals surface area contributed by atoms with Crippen LogP contribution in [0.5, 0.6) is 0 Å². The minimum Gasteiger partial charge on any atom is -0.397 e. The second kappa shape index (κ2) is 4.58. The van der Waals surface area contributed by atoms with E-state index >= 15 is 0 Å². The fourth-order valence-electron chi connectivity index (χ4n) is 2.04. The normalized spacial score (nSPS) is 10.6. The van der Waals surface area contributed by atoms with Crippen LogP contribution < -0.4 is 16.8 Å². The van der Waals surface area contributed by atoms with Crippen molar-refractivity contribution < 1.29 is 4.79 Å². The molecular weight excluding hydrogens is 254 g/mol. The second-order valence-corrected chi connectivity index (χ2v) is 4.36. The fraction of sp³-hybridized carbons (Fsp3) is 0. The van der Waals surface area contributed by atoms with Crippen molar-refractivity contribution in [3.8, 4) is 0 Å². The average Bonchev–Trinajstić information content (AvgIpc) is 2.81. The molecule has 0 spiro atoms. The van der Waals surface area contributed by atoms with E-state index in [1.165, 1.54) is 0 Å². The van der Waals surface area contributed by atoms with Crippen molar-refractivity contribution in [1.82, 2.24) is 9.97 Å². The molecule has 0 bridgehead atoms. The Morgan fingerprint density at radius 3 is 2.70 bits per heavy atom. The summed E-state index contributed by atoms with van der Waals surface area (Å²) in [6, 6.07) is 12.3. The van der Waals surface area contributed by atoms with Gasteiger partial charge in [0, 0.05) is 0 Å². The van der Waals surface area contributed by atoms with E-state index in [0.717, 1.165) is 0 Å². The van der Waals surface area contributed by atoms with Crippen LogP contribution in [-0.4, -0.2) is 15.9 Å². The number of nitrogens with zero attached hydrogens (tertiary/aromatic N) is 1. The molecule has 1 amide bonds. The number of para-hydroxylation sites is 3. The molecule has 100 valence electrons. The Hall–Kier alpha value is -3.02. The van der Waals surface area contributed by atoms with E-state index in [4.69, 9.17) is 11.5 Å². The number of carbonyl (C=O) groups is 1. The fourth-order valence-corrected chi connectivity index (χ4v) is 2.04. The second-order valence-electron chi connectivity index (χ2n) is 4.36. The SMILES string of the molecule is Nc1nc2cccc(C(=O)Nc3ccccc3N)c2[nH]1. The van der Waals surface area contributed by atoms with Gasteiger partial charge in [0.05, 0.1) is 28.0 Å². The molecule has 6 N–H and O–H groups in total. The van der Waals surface area contributed by atoms with Crippen molar-refractivity contribution in [3.05, 3.63) is 48.0 Å². The Labute approximate surface area is 114 Å². The first kappa shape index (κ1) is 12.0. The molecule has 0 aliphatic carbocycles. The smallest absolute Gasteiger partial charge is 0.257 e. The zero-order valence-corrected chi connectivity index (χ0v) is 10.6. The standard InChI is InChI=1S/C14H13N5O/c15-9-5-1-2-6-10(9)17-13(20)8-4-3-7-11-12(8)19-14(16)18-11/h1-7H,15H2,(H,17,20)(H3,16,18,19). The largest absolute Gasteiger partial charge is 0.397 e. The maximum Gasteiger partial charge on any atom is 0.257 e. The summed E-state index contributed by atoms with van der Waals surface area (Å²) < 4.78 is 0.